The third-order valence-electron chi connectivity index (χ3n) is 10.5. The normalized spacial score (nSPS) is 12.2. The van der Waals surface area contributed by atoms with Crippen molar-refractivity contribution >= 4 is 142 Å². The van der Waals surface area contributed by atoms with Crippen LogP contribution in [-0.4, -0.2) is 51.9 Å². The number of fused-ring (bicyclic) bond motifs is 2. The molecule has 0 saturated carbocycles. The van der Waals surface area contributed by atoms with E-state index in [9.17, 15) is 62.1 Å². The number of nitrogens with two attached hydrogens (primary N) is 4. The van der Waals surface area contributed by atoms with Crippen molar-refractivity contribution in [1.29, 1.82) is 0 Å². The fourth-order valence-corrected chi connectivity index (χ4v) is 9.59. The molecule has 0 unspecified atom stereocenters. The van der Waals surface area contributed by atoms with Gasteiger partial charge >= 0.3 is 118 Å². The summed E-state index contributed by atoms with van der Waals surface area (Å²) in [6, 6.07) is 23.8. The summed E-state index contributed by atoms with van der Waals surface area (Å²) in [6.07, 6.45) is 0. The molecule has 35 heteroatoms. The van der Waals surface area contributed by atoms with Gasteiger partial charge in [-0.3, -0.25) is 9.11 Å². The van der Waals surface area contributed by atoms with Gasteiger partial charge in [0.2, 0.25) is 0 Å². The van der Waals surface area contributed by atoms with E-state index in [1.54, 1.807) is 6.07 Å². The maximum Gasteiger partial charge on any atom is 1.00 e. The van der Waals surface area contributed by atoms with Crippen molar-refractivity contribution in [2.45, 2.75) is 19.6 Å². The Kier molecular flexibility index (Phi) is 22.1. The largest absolute Gasteiger partial charge is 1.00 e. The van der Waals surface area contributed by atoms with Gasteiger partial charge in [-0.2, -0.15) is 32.2 Å². The molecule has 384 valence electrons. The Bertz CT molecular complexity index is 4320. The van der Waals surface area contributed by atoms with Crippen LogP contribution in [0.2, 0.25) is 0 Å². The number of rotatable bonds is 14. The molecule has 0 saturated heterocycles. The molecule has 8 aromatic carbocycles. The van der Waals surface area contributed by atoms with Gasteiger partial charge in [0.15, 0.2) is 0 Å². The fourth-order valence-electron chi connectivity index (χ4n) is 7.00. The molecular weight excluding hydrogens is 1150 g/mol. The molecule has 0 aliphatic rings. The Morgan fingerprint density at radius 2 is 0.823 bits per heavy atom. The summed E-state index contributed by atoms with van der Waals surface area (Å²) in [4.78, 5) is -4.04. The average molecular weight is 1190 g/mol. The molecule has 8 aromatic rings. The quantitative estimate of drug-likeness (QED) is 0.0237. The smallest absolute Gasteiger partial charge is 0.871 e. The van der Waals surface area contributed by atoms with E-state index in [0.717, 1.165) is 24.3 Å². The number of benzene rings is 8. The SMILES string of the molecule is Nc1ccc(N=Nc2ccc3cc(S(=O)(=O)O)c(N=Nc4ccc(Nc5ccc(N=Nc6c(S(=O)(=O)O)cc7cc(S(=O)(=O)[O-])c(N=Nc8ccc(N)cc8N)cc7c6[O-])cc5S(=O)(=O)[O-])cc4)c([O-])c3c2)c(N)c1.[Na+].[Na+].[Na+].[Na+]. The first-order valence-corrected chi connectivity index (χ1v) is 26.3. The van der Waals surface area contributed by atoms with Gasteiger partial charge < -0.3 is 47.6 Å². The third-order valence-corrected chi connectivity index (χ3v) is 14.0. The molecule has 0 amide bonds. The molecule has 11 N–H and O–H groups in total. The van der Waals surface area contributed by atoms with Crippen molar-refractivity contribution in [2.75, 3.05) is 28.3 Å². The fraction of sp³-hybridized carbons (Fsp3) is 0. The number of azo groups is 4. The van der Waals surface area contributed by atoms with Gasteiger partial charge in [0.25, 0.3) is 20.2 Å². The Labute approximate surface area is 537 Å². The van der Waals surface area contributed by atoms with Crippen molar-refractivity contribution < 1.29 is 180 Å². The van der Waals surface area contributed by atoms with E-state index >= 15 is 0 Å². The number of hydrogen-bond donors (Lipinski definition) is 7. The van der Waals surface area contributed by atoms with E-state index < -0.39 is 105 Å². The maximum absolute atomic E-state index is 13.8. The van der Waals surface area contributed by atoms with Crippen LogP contribution in [0.15, 0.2) is 182 Å². The summed E-state index contributed by atoms with van der Waals surface area (Å²) in [6.45, 7) is 0. The second kappa shape index (κ2) is 26.2. The van der Waals surface area contributed by atoms with Gasteiger partial charge in [-0.15, -0.1) is 25.6 Å². The summed E-state index contributed by atoms with van der Waals surface area (Å²) >= 11 is 0. The Morgan fingerprint density at radius 1 is 0.405 bits per heavy atom. The van der Waals surface area contributed by atoms with Gasteiger partial charge in [0.1, 0.15) is 47.1 Å². The van der Waals surface area contributed by atoms with Gasteiger partial charge in [0, 0.05) is 17.1 Å². The summed E-state index contributed by atoms with van der Waals surface area (Å²) in [7, 11) is -21.1. The molecule has 0 fully saturated rings. The maximum atomic E-state index is 13.8. The molecule has 0 spiro atoms. The van der Waals surface area contributed by atoms with E-state index in [4.69, 9.17) is 22.9 Å². The number of nitrogen functional groups attached to an aromatic ring is 4. The van der Waals surface area contributed by atoms with E-state index in [-0.39, 0.29) is 180 Å². The first-order valence-electron chi connectivity index (χ1n) is 20.6. The predicted octanol–water partition coefficient (Wildman–Crippen LogP) is -3.81. The van der Waals surface area contributed by atoms with Crippen LogP contribution >= 0.6 is 0 Å². The van der Waals surface area contributed by atoms with Crippen molar-refractivity contribution in [3.05, 3.63) is 121 Å². The van der Waals surface area contributed by atoms with Crippen molar-refractivity contribution in [3.8, 4) is 11.5 Å². The third kappa shape index (κ3) is 15.7. The van der Waals surface area contributed by atoms with Gasteiger partial charge in [0.05, 0.1) is 55.3 Å². The number of anilines is 6. The molecule has 27 nitrogen and oxygen atoms in total. The van der Waals surface area contributed by atoms with Crippen molar-refractivity contribution in [2.24, 2.45) is 40.9 Å². The second-order valence-electron chi connectivity index (χ2n) is 15.7. The first kappa shape index (κ1) is 66.4. The number of hydrogen-bond acceptors (Lipinski definition) is 25. The zero-order valence-corrected chi connectivity index (χ0v) is 52.6. The van der Waals surface area contributed by atoms with Crippen LogP contribution in [0.1, 0.15) is 0 Å². The standard InChI is InChI=1S/C44H35N13O14S4.4Na/c45-23-2-10-33(31(47)16-23)53-51-27-4-1-21-13-39(74(66,67)68)41(43(58)29(21)18-27)56-50-26-7-5-25(6-8-26)49-35-12-9-28(19-38(35)73(63,64)65)52-57-42-40(75(69,70)71)15-22-14-37(72(60,61)62)36(20-30(22)44(42)59)55-54-34-11-3-24(46)17-32(34)48;;;;/h1-20,49,58-59H,45-48H2,(H,60,61,62)(H,63,64,65)(H,66,67,68)(H,69,70,71);;;;/q;4*+1/p-4. The van der Waals surface area contributed by atoms with E-state index in [2.05, 4.69) is 46.2 Å². The molecule has 79 heavy (non-hydrogen) atoms. The second-order valence-corrected chi connectivity index (χ2v) is 21.2. The molecule has 0 aliphatic carbocycles. The van der Waals surface area contributed by atoms with Gasteiger partial charge in [-0.05, 0) is 137 Å². The number of nitrogens with zero attached hydrogens (tertiary/aromatic N) is 8. The van der Waals surface area contributed by atoms with E-state index in [1.165, 1.54) is 72.8 Å². The van der Waals surface area contributed by atoms with Crippen LogP contribution in [0.25, 0.3) is 21.5 Å². The molecule has 8 rings (SSSR count). The molecule has 0 atom stereocenters. The monoisotopic (exact) mass is 1190 g/mol. The van der Waals surface area contributed by atoms with Gasteiger partial charge in [-0.1, -0.05) is 17.6 Å². The summed E-state index contributed by atoms with van der Waals surface area (Å²) in [5.41, 5.74) is 21.4. The minimum atomic E-state index is -5.38. The molecule has 0 aliphatic heterocycles. The molecule has 0 radical (unpaired) electrons. The van der Waals surface area contributed by atoms with Gasteiger partial charge in [-0.25, -0.2) is 16.8 Å². The topological polar surface area (TPSA) is 484 Å². The van der Waals surface area contributed by atoms with Crippen LogP contribution in [-0.2, 0) is 40.5 Å². The Hall–Kier alpha value is -5.08. The zero-order valence-electron chi connectivity index (χ0n) is 41.4. The minimum absolute atomic E-state index is 0. The van der Waals surface area contributed by atoms with Crippen molar-refractivity contribution in [1.82, 2.24) is 0 Å². The molecular formula is C44H31N13Na4O14S4. The summed E-state index contributed by atoms with van der Waals surface area (Å²) < 4.78 is 144. The molecule has 0 aromatic heterocycles. The van der Waals surface area contributed by atoms with Crippen LogP contribution in [0.4, 0.5) is 79.6 Å². The summed E-state index contributed by atoms with van der Waals surface area (Å²) in [5.74, 6) is -2.25. The minimum Gasteiger partial charge on any atom is -0.871 e. The molecule has 0 heterocycles. The van der Waals surface area contributed by atoms with Crippen LogP contribution in [0.3, 0.4) is 0 Å². The van der Waals surface area contributed by atoms with Crippen molar-refractivity contribution in [3.63, 3.8) is 0 Å². The zero-order chi connectivity index (χ0) is 54.4. The van der Waals surface area contributed by atoms with Crippen LogP contribution < -0.4 is 157 Å². The predicted molar refractivity (Wildman–Crippen MR) is 266 cm³/mol. The Balaban J connectivity index is 0.00000336. The Morgan fingerprint density at radius 3 is 1.33 bits per heavy atom. The molecule has 0 bridgehead atoms. The average Bonchev–Trinajstić information content (AvgIpc) is 3.32. The summed E-state index contributed by atoms with van der Waals surface area (Å²) in [5, 5.41) is 60.2. The van der Waals surface area contributed by atoms with Crippen LogP contribution in [0, 0.1) is 0 Å². The number of nitrogens with one attached hydrogen (secondary N) is 1. The van der Waals surface area contributed by atoms with E-state index in [0.29, 0.717) is 23.9 Å². The first-order chi connectivity index (χ1) is 35.1. The van der Waals surface area contributed by atoms with Crippen LogP contribution in [0.5, 0.6) is 11.5 Å². The van der Waals surface area contributed by atoms with E-state index in [1.807, 2.05) is 0 Å².